The van der Waals surface area contributed by atoms with E-state index in [9.17, 15) is 9.59 Å². The van der Waals surface area contributed by atoms with E-state index in [1.807, 2.05) is 22.9 Å². The molecule has 2 bridgehead atoms. The number of aldehydes is 1. The lowest BCUT2D eigenvalue weighted by Gasteiger charge is -2.40. The number of pyridine rings is 1. The summed E-state index contributed by atoms with van der Waals surface area (Å²) < 4.78 is 14.3. The van der Waals surface area contributed by atoms with E-state index in [0.29, 0.717) is 23.7 Å². The Labute approximate surface area is 210 Å². The Bertz CT molecular complexity index is 1360. The van der Waals surface area contributed by atoms with Crippen molar-refractivity contribution >= 4 is 28.7 Å². The third-order valence-electron chi connectivity index (χ3n) is 8.85. The smallest absolute Gasteiger partial charge is 0.261 e. The van der Waals surface area contributed by atoms with Gasteiger partial charge in [-0.15, -0.1) is 0 Å². The number of H-pyrrole nitrogens is 1. The normalized spacial score (nSPS) is 31.4. The standard InChI is InChI=1S/C28H34N4O4/c1-18-10-14-35-15-22(18)32-21-9-13-29-25(34)23(21)24(31-32)30-20-7-5-19(6-8-20)27-11-4-12-28(17-33,36-27)26(2,3)16-27/h5-9,13,17-18,22H,4,10-12,14-16H2,1-3H3,(H,29,34)(H,30,31)/t18-,22?,27?,28?/m0/s1. The molecule has 0 aliphatic carbocycles. The molecule has 1 aromatic carbocycles. The van der Waals surface area contributed by atoms with E-state index in [1.165, 1.54) is 0 Å². The summed E-state index contributed by atoms with van der Waals surface area (Å²) in [6, 6.07) is 10.1. The zero-order valence-corrected chi connectivity index (χ0v) is 21.2. The Morgan fingerprint density at radius 1 is 1.19 bits per heavy atom. The molecule has 3 fully saturated rings. The van der Waals surface area contributed by atoms with E-state index < -0.39 is 11.2 Å². The number of ether oxygens (including phenoxy) is 2. The topological polar surface area (TPSA) is 98.2 Å². The quantitative estimate of drug-likeness (QED) is 0.497. The van der Waals surface area contributed by atoms with Crippen molar-refractivity contribution in [3.05, 3.63) is 52.4 Å². The summed E-state index contributed by atoms with van der Waals surface area (Å²) in [5, 5.41) is 8.77. The molecule has 190 valence electrons. The third-order valence-corrected chi connectivity index (χ3v) is 8.85. The molecule has 0 amide bonds. The van der Waals surface area contributed by atoms with Crippen molar-refractivity contribution in [2.24, 2.45) is 11.3 Å². The van der Waals surface area contributed by atoms with Crippen molar-refractivity contribution < 1.29 is 14.3 Å². The summed E-state index contributed by atoms with van der Waals surface area (Å²) in [5.74, 6) is 0.934. The first-order chi connectivity index (χ1) is 17.3. The van der Waals surface area contributed by atoms with Gasteiger partial charge in [-0.05, 0) is 61.8 Å². The van der Waals surface area contributed by atoms with Crippen LogP contribution in [0.15, 0.2) is 41.3 Å². The molecule has 3 saturated heterocycles. The van der Waals surface area contributed by atoms with Crippen LogP contribution in [0.3, 0.4) is 0 Å². The Kier molecular flexibility index (Phi) is 5.39. The molecule has 3 aliphatic heterocycles. The number of nitrogens with one attached hydrogen (secondary N) is 2. The predicted octanol–water partition coefficient (Wildman–Crippen LogP) is 4.83. The van der Waals surface area contributed by atoms with Crippen molar-refractivity contribution in [1.29, 1.82) is 0 Å². The minimum Gasteiger partial charge on any atom is -0.379 e. The molecule has 4 atom stereocenters. The lowest BCUT2D eigenvalue weighted by molar-refractivity contribution is -0.168. The number of anilines is 2. The Hall–Kier alpha value is -2.97. The fraction of sp³-hybridized carbons (Fsp3) is 0.536. The van der Waals surface area contributed by atoms with Gasteiger partial charge < -0.3 is 24.6 Å². The number of rotatable bonds is 5. The summed E-state index contributed by atoms with van der Waals surface area (Å²) >= 11 is 0. The summed E-state index contributed by atoms with van der Waals surface area (Å²) in [6.45, 7) is 7.82. The van der Waals surface area contributed by atoms with Crippen molar-refractivity contribution in [3.8, 4) is 0 Å². The molecule has 0 radical (unpaired) electrons. The van der Waals surface area contributed by atoms with Crippen LogP contribution in [0.2, 0.25) is 0 Å². The highest BCUT2D eigenvalue weighted by Gasteiger charge is 2.63. The molecule has 3 aliphatic rings. The van der Waals surface area contributed by atoms with Gasteiger partial charge >= 0.3 is 0 Å². The highest BCUT2D eigenvalue weighted by Crippen LogP contribution is 2.61. The number of benzene rings is 1. The number of nitrogens with zero attached hydrogens (tertiary/aromatic N) is 2. The van der Waals surface area contributed by atoms with Gasteiger partial charge in [0.05, 0.1) is 23.8 Å². The number of aromatic amines is 1. The average molecular weight is 491 g/mol. The van der Waals surface area contributed by atoms with Gasteiger partial charge in [-0.1, -0.05) is 32.9 Å². The molecule has 2 aromatic heterocycles. The summed E-state index contributed by atoms with van der Waals surface area (Å²) in [7, 11) is 0. The molecule has 2 N–H and O–H groups in total. The second kappa shape index (κ2) is 8.28. The van der Waals surface area contributed by atoms with E-state index >= 15 is 0 Å². The number of aromatic nitrogens is 3. The number of carbonyl (C=O) groups excluding carboxylic acids is 1. The molecule has 36 heavy (non-hydrogen) atoms. The van der Waals surface area contributed by atoms with Crippen LogP contribution >= 0.6 is 0 Å². The average Bonchev–Trinajstić information content (AvgIpc) is 3.30. The summed E-state index contributed by atoms with van der Waals surface area (Å²) in [6.07, 6.45) is 7.13. The minimum absolute atomic E-state index is 0.0762. The first-order valence-electron chi connectivity index (χ1n) is 13.0. The van der Waals surface area contributed by atoms with Gasteiger partial charge in [0.25, 0.3) is 5.56 Å². The van der Waals surface area contributed by atoms with Crippen LogP contribution < -0.4 is 10.9 Å². The van der Waals surface area contributed by atoms with Crippen LogP contribution in [0.4, 0.5) is 11.5 Å². The van der Waals surface area contributed by atoms with Crippen LogP contribution in [-0.2, 0) is 19.9 Å². The van der Waals surface area contributed by atoms with Gasteiger partial charge in [0.15, 0.2) is 12.1 Å². The van der Waals surface area contributed by atoms with Crippen molar-refractivity contribution in [1.82, 2.24) is 14.8 Å². The maximum atomic E-state index is 12.8. The molecule has 5 heterocycles. The molecule has 8 heteroatoms. The van der Waals surface area contributed by atoms with Crippen molar-refractivity contribution in [2.75, 3.05) is 18.5 Å². The molecule has 3 aromatic rings. The first-order valence-corrected chi connectivity index (χ1v) is 13.0. The Morgan fingerprint density at radius 2 is 2.00 bits per heavy atom. The van der Waals surface area contributed by atoms with E-state index in [-0.39, 0.29) is 17.0 Å². The van der Waals surface area contributed by atoms with Crippen LogP contribution in [0.1, 0.15) is 64.5 Å². The maximum Gasteiger partial charge on any atom is 0.261 e. The molecule has 6 rings (SSSR count). The number of fused-ring (bicyclic) bond motifs is 3. The number of carbonyl (C=O) groups is 1. The monoisotopic (exact) mass is 490 g/mol. The summed E-state index contributed by atoms with van der Waals surface area (Å²) in [5.41, 5.74) is 1.19. The Balaban J connectivity index is 1.32. The zero-order chi connectivity index (χ0) is 25.1. The third kappa shape index (κ3) is 3.45. The highest BCUT2D eigenvalue weighted by molar-refractivity contribution is 5.91. The summed E-state index contributed by atoms with van der Waals surface area (Å²) in [4.78, 5) is 27.7. The van der Waals surface area contributed by atoms with Gasteiger partial charge in [-0.2, -0.15) is 5.10 Å². The molecule has 8 nitrogen and oxygen atoms in total. The fourth-order valence-corrected chi connectivity index (χ4v) is 6.68. The van der Waals surface area contributed by atoms with Crippen LogP contribution in [0.5, 0.6) is 0 Å². The largest absolute Gasteiger partial charge is 0.379 e. The fourth-order valence-electron chi connectivity index (χ4n) is 6.68. The number of hydrogen-bond donors (Lipinski definition) is 2. The van der Waals surface area contributed by atoms with Gasteiger partial charge in [0, 0.05) is 23.9 Å². The van der Waals surface area contributed by atoms with Crippen molar-refractivity contribution in [2.45, 2.75) is 70.1 Å². The van der Waals surface area contributed by atoms with Gasteiger partial charge in [0.2, 0.25) is 0 Å². The van der Waals surface area contributed by atoms with Gasteiger partial charge in [0.1, 0.15) is 11.0 Å². The van der Waals surface area contributed by atoms with Crippen LogP contribution in [0.25, 0.3) is 10.9 Å². The molecular formula is C28H34N4O4. The zero-order valence-electron chi connectivity index (χ0n) is 21.2. The van der Waals surface area contributed by atoms with E-state index in [2.05, 4.69) is 43.2 Å². The maximum absolute atomic E-state index is 12.8. The predicted molar refractivity (Wildman–Crippen MR) is 138 cm³/mol. The van der Waals surface area contributed by atoms with E-state index in [4.69, 9.17) is 14.6 Å². The van der Waals surface area contributed by atoms with Crippen molar-refractivity contribution in [3.63, 3.8) is 0 Å². The SMILES string of the molecule is C[C@H]1CCOCC1n1nc(Nc2ccc(C34CCCC(C=O)(O3)C(C)(C)C4)cc2)c2c(=O)[nH]ccc21. The van der Waals surface area contributed by atoms with Crippen LogP contribution in [-0.4, -0.2) is 39.9 Å². The van der Waals surface area contributed by atoms with Gasteiger partial charge in [-0.25, -0.2) is 0 Å². The molecule has 0 spiro atoms. The second-order valence-corrected chi connectivity index (χ2v) is 11.5. The lowest BCUT2D eigenvalue weighted by Crippen LogP contribution is -2.45. The highest BCUT2D eigenvalue weighted by atomic mass is 16.5. The molecule has 0 saturated carbocycles. The minimum atomic E-state index is -0.713. The van der Waals surface area contributed by atoms with Gasteiger partial charge in [-0.3, -0.25) is 9.48 Å². The second-order valence-electron chi connectivity index (χ2n) is 11.5. The van der Waals surface area contributed by atoms with Crippen LogP contribution in [0, 0.1) is 11.3 Å². The van der Waals surface area contributed by atoms with E-state index in [0.717, 1.165) is 61.8 Å². The van der Waals surface area contributed by atoms with E-state index in [1.54, 1.807) is 6.20 Å². The Morgan fingerprint density at radius 3 is 2.75 bits per heavy atom. The lowest BCUT2D eigenvalue weighted by atomic mass is 9.72. The molecule has 3 unspecified atom stereocenters. The molecular weight excluding hydrogens is 456 g/mol. The first kappa shape index (κ1) is 23.4. The number of hydrogen-bond acceptors (Lipinski definition) is 6.